The van der Waals surface area contributed by atoms with Gasteiger partial charge in [-0.05, 0) is 78.8 Å². The van der Waals surface area contributed by atoms with Crippen LogP contribution in [0.1, 0.15) is 66.0 Å². The second-order valence-electron chi connectivity index (χ2n) is 9.58. The average molecular weight is 491 g/mol. The first kappa shape index (κ1) is 27.3. The number of carboxylic acid groups (broad SMARTS) is 1. The number of aliphatic hydroxyl groups excluding tert-OH is 1. The number of ether oxygens (including phenoxy) is 2. The van der Waals surface area contributed by atoms with Crippen molar-refractivity contribution in [1.29, 1.82) is 0 Å². The van der Waals surface area contributed by atoms with Crippen molar-refractivity contribution in [3.63, 3.8) is 0 Å². The molecule has 3 aromatic carbocycles. The van der Waals surface area contributed by atoms with Crippen molar-refractivity contribution in [2.75, 3.05) is 14.2 Å². The lowest BCUT2D eigenvalue weighted by molar-refractivity contribution is -0.137. The largest absolute Gasteiger partial charge is 0.496 e. The number of carboxylic acids is 1. The summed E-state index contributed by atoms with van der Waals surface area (Å²) in [6.07, 6.45) is 2.80. The number of aliphatic carboxylic acids is 1. The molecular formula is C31H38O5. The Hall–Kier alpha value is -3.31. The van der Waals surface area contributed by atoms with Gasteiger partial charge in [0.15, 0.2) is 0 Å². The smallest absolute Gasteiger partial charge is 0.303 e. The van der Waals surface area contributed by atoms with Gasteiger partial charge in [-0.3, -0.25) is 4.79 Å². The van der Waals surface area contributed by atoms with E-state index in [1.54, 1.807) is 14.2 Å². The topological polar surface area (TPSA) is 76.0 Å². The Balaban J connectivity index is 1.86. The van der Waals surface area contributed by atoms with E-state index in [-0.39, 0.29) is 18.3 Å². The highest BCUT2D eigenvalue weighted by Gasteiger charge is 2.24. The van der Waals surface area contributed by atoms with E-state index in [0.29, 0.717) is 17.9 Å². The van der Waals surface area contributed by atoms with Crippen LogP contribution in [0.2, 0.25) is 0 Å². The molecule has 0 bridgehead atoms. The maximum atomic E-state index is 11.6. The number of aryl methyl sites for hydroxylation is 1. The van der Waals surface area contributed by atoms with Crippen LogP contribution in [0, 0.1) is 12.8 Å². The van der Waals surface area contributed by atoms with Gasteiger partial charge in [0, 0.05) is 5.56 Å². The summed E-state index contributed by atoms with van der Waals surface area (Å²) in [6, 6.07) is 22.3. The SMILES string of the molecule is COc1cc(C(O)[C@H](CCCc2ccccc2)Cc2cccc(C(C)CC(=O)O)c2)cc(OC)c1C. The molecule has 0 aliphatic carbocycles. The molecule has 0 spiro atoms. The average Bonchev–Trinajstić information content (AvgIpc) is 2.88. The van der Waals surface area contributed by atoms with Crippen LogP contribution in [0.15, 0.2) is 66.7 Å². The van der Waals surface area contributed by atoms with E-state index in [4.69, 9.17) is 9.47 Å². The summed E-state index contributed by atoms with van der Waals surface area (Å²) in [5, 5.41) is 20.8. The standard InChI is InChI=1S/C31H38O5/c1-21(16-30(32)33)25-14-9-13-24(17-25)18-26(15-8-12-23-10-6-5-7-11-23)31(34)27-19-28(35-3)22(2)29(20-27)36-4/h5-7,9-11,13-14,17,19-21,26,31,34H,8,12,15-16,18H2,1-4H3,(H,32,33)/t21?,26-,31?/m1/s1. The highest BCUT2D eigenvalue weighted by Crippen LogP contribution is 2.37. The second kappa shape index (κ2) is 13.1. The van der Waals surface area contributed by atoms with E-state index >= 15 is 0 Å². The highest BCUT2D eigenvalue weighted by atomic mass is 16.5. The molecule has 0 aliphatic heterocycles. The minimum Gasteiger partial charge on any atom is -0.496 e. The summed E-state index contributed by atoms with van der Waals surface area (Å²) in [4.78, 5) is 11.2. The van der Waals surface area contributed by atoms with E-state index in [9.17, 15) is 15.0 Å². The number of carbonyl (C=O) groups is 1. The van der Waals surface area contributed by atoms with Crippen molar-refractivity contribution < 1.29 is 24.5 Å². The number of aliphatic hydroxyl groups is 1. The van der Waals surface area contributed by atoms with E-state index in [1.165, 1.54) is 5.56 Å². The molecule has 3 rings (SSSR count). The van der Waals surface area contributed by atoms with Gasteiger partial charge in [0.1, 0.15) is 11.5 Å². The number of hydrogen-bond donors (Lipinski definition) is 2. The summed E-state index contributed by atoms with van der Waals surface area (Å²) >= 11 is 0. The van der Waals surface area contributed by atoms with Gasteiger partial charge in [-0.2, -0.15) is 0 Å². The Kier molecular flexibility index (Phi) is 9.95. The van der Waals surface area contributed by atoms with Gasteiger partial charge >= 0.3 is 5.97 Å². The highest BCUT2D eigenvalue weighted by molar-refractivity contribution is 5.68. The summed E-state index contributed by atoms with van der Waals surface area (Å²) < 4.78 is 11.1. The molecule has 0 fully saturated rings. The molecule has 0 saturated heterocycles. The normalized spacial score (nSPS) is 13.6. The lowest BCUT2D eigenvalue weighted by Crippen LogP contribution is -2.17. The molecule has 36 heavy (non-hydrogen) atoms. The third-order valence-electron chi connectivity index (χ3n) is 6.94. The molecule has 2 N–H and O–H groups in total. The summed E-state index contributed by atoms with van der Waals surface area (Å²) in [7, 11) is 3.25. The number of hydrogen-bond acceptors (Lipinski definition) is 4. The van der Waals surface area contributed by atoms with Crippen molar-refractivity contribution in [1.82, 2.24) is 0 Å². The van der Waals surface area contributed by atoms with Crippen LogP contribution in [0.4, 0.5) is 0 Å². The molecule has 3 atom stereocenters. The first-order valence-corrected chi connectivity index (χ1v) is 12.6. The number of benzene rings is 3. The third kappa shape index (κ3) is 7.34. The summed E-state index contributed by atoms with van der Waals surface area (Å²) in [5.41, 5.74) is 5.06. The Morgan fingerprint density at radius 1 is 0.889 bits per heavy atom. The van der Waals surface area contributed by atoms with Crippen molar-refractivity contribution in [3.8, 4) is 11.5 Å². The molecule has 2 unspecified atom stereocenters. The fourth-order valence-electron chi connectivity index (χ4n) is 4.84. The van der Waals surface area contributed by atoms with Crippen LogP contribution in [0.5, 0.6) is 11.5 Å². The van der Waals surface area contributed by atoms with Gasteiger partial charge in [0.2, 0.25) is 0 Å². The zero-order valence-corrected chi connectivity index (χ0v) is 21.7. The van der Waals surface area contributed by atoms with Crippen LogP contribution in [-0.2, 0) is 17.6 Å². The quantitative estimate of drug-likeness (QED) is 0.286. The minimum atomic E-state index is -0.802. The van der Waals surface area contributed by atoms with E-state index in [2.05, 4.69) is 36.4 Å². The van der Waals surface area contributed by atoms with Crippen molar-refractivity contribution in [2.45, 2.75) is 58.0 Å². The predicted octanol–water partition coefficient (Wildman–Crippen LogP) is 6.51. The molecule has 0 aliphatic rings. The van der Waals surface area contributed by atoms with Crippen molar-refractivity contribution in [2.24, 2.45) is 5.92 Å². The molecule has 3 aromatic rings. The van der Waals surface area contributed by atoms with Gasteiger partial charge in [0.05, 0.1) is 26.7 Å². The first-order valence-electron chi connectivity index (χ1n) is 12.6. The second-order valence-corrected chi connectivity index (χ2v) is 9.58. The van der Waals surface area contributed by atoms with Crippen LogP contribution < -0.4 is 9.47 Å². The Bertz CT molecular complexity index is 1100. The molecule has 0 amide bonds. The third-order valence-corrected chi connectivity index (χ3v) is 6.94. The van der Waals surface area contributed by atoms with Gasteiger partial charge in [-0.15, -0.1) is 0 Å². The molecule has 5 nitrogen and oxygen atoms in total. The van der Waals surface area contributed by atoms with Gasteiger partial charge in [-0.1, -0.05) is 61.5 Å². The van der Waals surface area contributed by atoms with Crippen LogP contribution in [0.25, 0.3) is 0 Å². The van der Waals surface area contributed by atoms with Gasteiger partial charge in [-0.25, -0.2) is 0 Å². The molecular weight excluding hydrogens is 452 g/mol. The number of methoxy groups -OCH3 is 2. The van der Waals surface area contributed by atoms with E-state index in [0.717, 1.165) is 41.5 Å². The monoisotopic (exact) mass is 490 g/mol. The number of rotatable bonds is 13. The Morgan fingerprint density at radius 3 is 2.14 bits per heavy atom. The Morgan fingerprint density at radius 2 is 1.53 bits per heavy atom. The lowest BCUT2D eigenvalue weighted by atomic mass is 9.84. The first-order chi connectivity index (χ1) is 17.3. The zero-order valence-electron chi connectivity index (χ0n) is 21.7. The summed E-state index contributed by atoms with van der Waals surface area (Å²) in [6.45, 7) is 3.87. The van der Waals surface area contributed by atoms with Gasteiger partial charge in [0.25, 0.3) is 0 Å². The fraction of sp³-hybridized carbons (Fsp3) is 0.387. The minimum absolute atomic E-state index is 0.0316. The summed E-state index contributed by atoms with van der Waals surface area (Å²) in [5.74, 6) is 0.474. The maximum absolute atomic E-state index is 11.6. The molecule has 0 radical (unpaired) electrons. The Labute approximate surface area is 214 Å². The van der Waals surface area contributed by atoms with Crippen molar-refractivity contribution >= 4 is 5.97 Å². The fourth-order valence-corrected chi connectivity index (χ4v) is 4.84. The predicted molar refractivity (Wildman–Crippen MR) is 143 cm³/mol. The van der Waals surface area contributed by atoms with Crippen LogP contribution in [0.3, 0.4) is 0 Å². The zero-order chi connectivity index (χ0) is 26.1. The van der Waals surface area contributed by atoms with Crippen LogP contribution >= 0.6 is 0 Å². The van der Waals surface area contributed by atoms with Crippen LogP contribution in [-0.4, -0.2) is 30.4 Å². The molecule has 5 heteroatoms. The molecule has 192 valence electrons. The van der Waals surface area contributed by atoms with Crippen molar-refractivity contribution in [3.05, 3.63) is 94.5 Å². The van der Waals surface area contributed by atoms with E-state index in [1.807, 2.05) is 44.2 Å². The molecule has 0 heterocycles. The van der Waals surface area contributed by atoms with Gasteiger partial charge < -0.3 is 19.7 Å². The molecule has 0 aromatic heterocycles. The lowest BCUT2D eigenvalue weighted by Gasteiger charge is -2.25. The maximum Gasteiger partial charge on any atom is 0.303 e. The molecule has 0 saturated carbocycles. The van der Waals surface area contributed by atoms with E-state index < -0.39 is 12.1 Å².